The number of aliphatic hydroxyl groups is 11. The highest BCUT2D eigenvalue weighted by molar-refractivity contribution is 5.98. The predicted octanol–water partition coefficient (Wildman–Crippen LogP) is -6.95. The van der Waals surface area contributed by atoms with Gasteiger partial charge in [-0.3, -0.25) is 24.1 Å². The molecule has 0 saturated heterocycles. The summed E-state index contributed by atoms with van der Waals surface area (Å²) in [5, 5.41) is 124. The zero-order valence-corrected chi connectivity index (χ0v) is 57.1. The maximum atomic E-state index is 13.6. The molecule has 0 bridgehead atoms. The van der Waals surface area contributed by atoms with Gasteiger partial charge in [0.25, 0.3) is 0 Å². The third kappa shape index (κ3) is 46.0. The minimum Gasteiger partial charge on any atom is -0.394 e. The van der Waals surface area contributed by atoms with E-state index in [2.05, 4.69) is 31.9 Å². The van der Waals surface area contributed by atoms with Crippen LogP contribution in [0.2, 0.25) is 0 Å². The van der Waals surface area contributed by atoms with Gasteiger partial charge >= 0.3 is 6.03 Å². The van der Waals surface area contributed by atoms with Gasteiger partial charge in [0.2, 0.25) is 23.6 Å². The van der Waals surface area contributed by atoms with E-state index < -0.39 is 117 Å². The summed E-state index contributed by atoms with van der Waals surface area (Å²) in [5.74, 6) is -2.29. The predicted molar refractivity (Wildman–Crippen MR) is 350 cm³/mol. The largest absolute Gasteiger partial charge is 0.394 e. The molecule has 0 saturated carbocycles. The molecule has 1 rings (SSSR count). The number of hydrogen-bond acceptors (Lipinski definition) is 30. The Hall–Kier alpha value is -4.63. The molecule has 98 heavy (non-hydrogen) atoms. The van der Waals surface area contributed by atoms with Gasteiger partial charge in [0, 0.05) is 44.8 Å². The maximum Gasteiger partial charge on any atom is 0.312 e. The second-order valence-electron chi connectivity index (χ2n) is 22.5. The number of primary amides is 1. The Labute approximate surface area is 573 Å². The van der Waals surface area contributed by atoms with Crippen molar-refractivity contribution in [2.45, 2.75) is 113 Å². The Morgan fingerprint density at radius 2 is 0.827 bits per heavy atom. The lowest BCUT2D eigenvalue weighted by Gasteiger charge is -2.33. The fraction of sp³-hybridized carbons (Fsp3) is 0.823. The zero-order chi connectivity index (χ0) is 72.6. The van der Waals surface area contributed by atoms with Crippen LogP contribution >= 0.6 is 0 Å². The van der Waals surface area contributed by atoms with E-state index in [-0.39, 0.29) is 90.4 Å². The highest BCUT2D eigenvalue weighted by atomic mass is 16.6. The molecular formula is C62H116N8O28. The first-order chi connectivity index (χ1) is 47.2. The van der Waals surface area contributed by atoms with Gasteiger partial charge < -0.3 is 151 Å². The molecule has 36 heteroatoms. The molecule has 0 unspecified atom stereocenters. The van der Waals surface area contributed by atoms with Crippen molar-refractivity contribution in [1.29, 1.82) is 0 Å². The third-order valence-electron chi connectivity index (χ3n) is 14.3. The van der Waals surface area contributed by atoms with E-state index in [1.54, 1.807) is 45.2 Å². The number of anilines is 1. The van der Waals surface area contributed by atoms with E-state index in [0.717, 1.165) is 0 Å². The number of nitrogens with zero attached hydrogens (tertiary/aromatic N) is 1. The van der Waals surface area contributed by atoms with Gasteiger partial charge in [-0.15, -0.1) is 0 Å². The number of urea groups is 1. The summed E-state index contributed by atoms with van der Waals surface area (Å²) in [7, 11) is 1.57. The summed E-state index contributed by atoms with van der Waals surface area (Å²) in [6.07, 6.45) is -13.8. The number of hydrogen-bond donors (Lipinski definition) is 18. The van der Waals surface area contributed by atoms with Crippen LogP contribution in [0.3, 0.4) is 0 Å². The average molecular weight is 1420 g/mol. The van der Waals surface area contributed by atoms with Gasteiger partial charge in [-0.1, -0.05) is 26.0 Å². The second-order valence-corrected chi connectivity index (χ2v) is 22.5. The second kappa shape index (κ2) is 60.0. The summed E-state index contributed by atoms with van der Waals surface area (Å²) in [4.78, 5) is 65.4. The fourth-order valence-corrected chi connectivity index (χ4v) is 8.64. The Bertz CT molecular complexity index is 2110. The van der Waals surface area contributed by atoms with Crippen LogP contribution in [0, 0.1) is 5.92 Å². The molecule has 0 aliphatic heterocycles. The molecule has 0 heterocycles. The van der Waals surface area contributed by atoms with E-state index in [1.165, 1.54) is 4.90 Å². The molecule has 0 spiro atoms. The molecule has 0 aliphatic carbocycles. The monoisotopic (exact) mass is 1420 g/mol. The molecule has 572 valence electrons. The minimum atomic E-state index is -1.89. The summed E-state index contributed by atoms with van der Waals surface area (Å²) < 4.78 is 66.1. The van der Waals surface area contributed by atoms with Crippen molar-refractivity contribution in [2.24, 2.45) is 11.7 Å². The smallest absolute Gasteiger partial charge is 0.312 e. The normalized spacial score (nSPS) is 15.2. The van der Waals surface area contributed by atoms with Crippen LogP contribution in [-0.4, -0.2) is 369 Å². The van der Waals surface area contributed by atoms with Gasteiger partial charge in [-0.2, -0.15) is 0 Å². The fourth-order valence-electron chi connectivity index (χ4n) is 8.64. The number of rotatable bonds is 67. The molecule has 1 aromatic rings. The Morgan fingerprint density at radius 1 is 0.449 bits per heavy atom. The first-order valence-electron chi connectivity index (χ1n) is 33.1. The van der Waals surface area contributed by atoms with Crippen LogP contribution in [0.4, 0.5) is 10.5 Å². The molecule has 0 radical (unpaired) electrons. The number of likely N-dealkylation sites (N-methyl/N-ethyl adjacent to an activating group) is 1. The van der Waals surface area contributed by atoms with Crippen LogP contribution in [0.5, 0.6) is 0 Å². The molecule has 0 aliphatic rings. The van der Waals surface area contributed by atoms with Gasteiger partial charge in [-0.25, -0.2) is 4.79 Å². The quantitative estimate of drug-likeness (QED) is 0.0270. The Morgan fingerprint density at radius 3 is 1.18 bits per heavy atom. The van der Waals surface area contributed by atoms with Crippen molar-refractivity contribution < 1.29 is 137 Å². The average Bonchev–Trinajstić information content (AvgIpc) is 0.924. The van der Waals surface area contributed by atoms with Crippen LogP contribution in [0.25, 0.3) is 0 Å². The number of nitrogens with two attached hydrogens (primary N) is 1. The molecule has 11 atom stereocenters. The highest BCUT2D eigenvalue weighted by Gasteiger charge is 2.35. The van der Waals surface area contributed by atoms with Crippen molar-refractivity contribution in [3.05, 3.63) is 29.8 Å². The lowest BCUT2D eigenvalue weighted by atomic mass is 10.0. The van der Waals surface area contributed by atoms with Crippen LogP contribution < -0.4 is 37.6 Å². The third-order valence-corrected chi connectivity index (χ3v) is 14.3. The standard InChI is InChI=1S/C62H116N8O28/c1-44(2)54(61(85)68-48(5-4-12-66-62(63)86)60(84)67-46-8-6-45(41-71)7-9-46)69-59(83)47(64-3)10-11-53(78)65-13-15-87-17-19-89-21-23-91-25-27-93-29-31-95-33-35-97-37-38-98-36-34-96-32-30-94-28-26-92-24-22-90-20-18-88-16-14-70(39-49(74)55(79)57(81)51(76)42-72)40-50(75)56(80)58(82)52(77)43-73/h6-9,44,47-52,54-58,64,71-77,79-82H,4-5,10-43H2,1-3H3,(H,65,78)(H,67,84)(H,68,85)(H,69,83)(H3,63,66,86)/t47-,48-,49-,50-,51+,52+,54-,55+,56+,57+,58+/m0/s1. The first-order valence-corrected chi connectivity index (χ1v) is 33.1. The number of benzene rings is 1. The van der Waals surface area contributed by atoms with Crippen molar-refractivity contribution in [3.8, 4) is 0 Å². The summed E-state index contributed by atoms with van der Waals surface area (Å²) >= 11 is 0. The summed E-state index contributed by atoms with van der Waals surface area (Å²) in [6, 6.07) is 2.94. The van der Waals surface area contributed by atoms with Gasteiger partial charge in [0.1, 0.15) is 48.7 Å². The molecular weight excluding hydrogens is 1300 g/mol. The molecule has 6 amide bonds. The number of nitrogens with one attached hydrogen (secondary N) is 6. The van der Waals surface area contributed by atoms with Crippen LogP contribution in [-0.2, 0) is 82.6 Å². The number of ether oxygens (including phenoxy) is 12. The minimum absolute atomic E-state index is 0.0131. The Balaban J connectivity index is 2.00. The van der Waals surface area contributed by atoms with E-state index in [0.29, 0.717) is 143 Å². The van der Waals surface area contributed by atoms with Crippen molar-refractivity contribution >= 4 is 35.3 Å². The summed E-state index contributed by atoms with van der Waals surface area (Å²) in [5.41, 5.74) is 6.26. The number of carbonyl (C=O) groups excluding carboxylic acids is 5. The number of aliphatic hydroxyl groups excluding tert-OH is 11. The van der Waals surface area contributed by atoms with Gasteiger partial charge in [-0.05, 0) is 49.9 Å². The lowest BCUT2D eigenvalue weighted by molar-refractivity contribution is -0.133. The number of amides is 6. The SMILES string of the molecule is CN[C@@H](CCC(=O)NCCOCCOCCOCCOCCOCCOCCOCCOCCOCCOCCOCCOCCN(C[C@H](O)[C@@H](O)[C@H](O)[C@H](O)CO)C[C@H](O)[C@@H](O)[C@H](O)[C@H](O)CO)C(=O)N[C@H](C(=O)N[C@@H](CCCNC(N)=O)C(=O)Nc1ccc(CO)cc1)C(C)C. The van der Waals surface area contributed by atoms with Crippen molar-refractivity contribution in [1.82, 2.24) is 31.5 Å². The zero-order valence-electron chi connectivity index (χ0n) is 57.1. The topological polar surface area (TPSA) is 520 Å². The van der Waals surface area contributed by atoms with Gasteiger partial charge in [0.05, 0.1) is 197 Å². The van der Waals surface area contributed by atoms with Crippen molar-refractivity contribution in [2.75, 3.05) is 217 Å². The Kier molecular flexibility index (Phi) is 55.9. The summed E-state index contributed by atoms with van der Waals surface area (Å²) in [6.45, 7) is 9.20. The van der Waals surface area contributed by atoms with E-state index in [4.69, 9.17) is 72.8 Å². The molecule has 36 nitrogen and oxygen atoms in total. The lowest BCUT2D eigenvalue weighted by Crippen LogP contribution is -2.57. The van der Waals surface area contributed by atoms with Crippen molar-refractivity contribution in [3.63, 3.8) is 0 Å². The van der Waals surface area contributed by atoms with E-state index in [1.807, 2.05) is 0 Å². The maximum absolute atomic E-state index is 13.6. The first kappa shape index (κ1) is 91.4. The molecule has 1 aromatic carbocycles. The molecule has 19 N–H and O–H groups in total. The number of carbonyl (C=O) groups is 5. The molecule has 0 aromatic heterocycles. The van der Waals surface area contributed by atoms with Crippen LogP contribution in [0.15, 0.2) is 24.3 Å². The highest BCUT2D eigenvalue weighted by Crippen LogP contribution is 2.14. The molecule has 0 fully saturated rings. The van der Waals surface area contributed by atoms with Gasteiger partial charge in [0.15, 0.2) is 0 Å². The van der Waals surface area contributed by atoms with Crippen LogP contribution in [0.1, 0.15) is 45.1 Å². The van der Waals surface area contributed by atoms with E-state index >= 15 is 0 Å². The van der Waals surface area contributed by atoms with E-state index in [9.17, 15) is 69.9 Å².